The third-order valence-electron chi connectivity index (χ3n) is 5.61. The lowest BCUT2D eigenvalue weighted by atomic mass is 10.1. The number of hydrogen-bond acceptors (Lipinski definition) is 4. The predicted molar refractivity (Wildman–Crippen MR) is 126 cm³/mol. The minimum Gasteiger partial charge on any atom is -0.378 e. The highest BCUT2D eigenvalue weighted by Crippen LogP contribution is 2.22. The lowest BCUT2D eigenvalue weighted by molar-refractivity contribution is 0.0904. The first-order valence-corrected chi connectivity index (χ1v) is 12.5. The Bertz CT molecular complexity index is 992. The van der Waals surface area contributed by atoms with Gasteiger partial charge in [-0.05, 0) is 44.4 Å². The number of aromatic nitrogens is 1. The van der Waals surface area contributed by atoms with Crippen molar-refractivity contribution >= 4 is 26.9 Å². The number of H-pyrrole nitrogens is 1. The Labute approximate surface area is 185 Å². The van der Waals surface area contributed by atoms with E-state index in [0.717, 1.165) is 24.4 Å². The quantitative estimate of drug-likeness (QED) is 0.475. The van der Waals surface area contributed by atoms with E-state index in [1.54, 1.807) is 11.4 Å². The molecule has 2 heterocycles. The van der Waals surface area contributed by atoms with E-state index in [9.17, 15) is 8.42 Å². The van der Waals surface area contributed by atoms with E-state index in [4.69, 9.17) is 4.74 Å². The fourth-order valence-corrected chi connectivity index (χ4v) is 5.27. The summed E-state index contributed by atoms with van der Waals surface area (Å²) in [7, 11) is -1.52. The fourth-order valence-electron chi connectivity index (χ4n) is 3.99. The molecule has 1 aromatic heterocycles. The van der Waals surface area contributed by atoms with E-state index >= 15 is 0 Å². The molecule has 1 saturated heterocycles. The van der Waals surface area contributed by atoms with Crippen molar-refractivity contribution in [3.63, 3.8) is 0 Å². The number of ether oxygens (including phenoxy) is 1. The molecule has 0 atom stereocenters. The molecule has 1 aliphatic rings. The topological polar surface area (TPSA) is 90.0 Å². The normalized spacial score (nSPS) is 16.4. The molecule has 0 unspecified atom stereocenters. The maximum atomic E-state index is 12.5. The molecule has 8 nitrogen and oxygen atoms in total. The number of sulfonamides is 1. The van der Waals surface area contributed by atoms with Crippen LogP contribution in [0.15, 0.2) is 29.4 Å². The van der Waals surface area contributed by atoms with Crippen molar-refractivity contribution in [1.82, 2.24) is 19.5 Å². The number of benzene rings is 1. The van der Waals surface area contributed by atoms with Crippen molar-refractivity contribution in [2.45, 2.75) is 33.3 Å². The first-order chi connectivity index (χ1) is 14.8. The fraction of sp³-hybridized carbons (Fsp3) is 0.591. The number of nitrogens with one attached hydrogen (secondary N) is 2. The molecular weight excluding hydrogens is 414 g/mol. The molecule has 1 aromatic carbocycles. The smallest absolute Gasteiger partial charge is 0.216 e. The van der Waals surface area contributed by atoms with Gasteiger partial charge >= 0.3 is 0 Å². The molecule has 1 aliphatic heterocycles. The van der Waals surface area contributed by atoms with E-state index in [1.807, 2.05) is 13.8 Å². The van der Waals surface area contributed by atoms with Crippen molar-refractivity contribution in [3.8, 4) is 0 Å². The van der Waals surface area contributed by atoms with Gasteiger partial charge in [0.15, 0.2) is 5.96 Å². The van der Waals surface area contributed by atoms with Gasteiger partial charge in [-0.25, -0.2) is 8.42 Å². The first kappa shape index (κ1) is 23.6. The summed E-state index contributed by atoms with van der Waals surface area (Å²) in [6, 6.07) is 6.30. The minimum atomic E-state index is -3.29. The Balaban J connectivity index is 1.49. The van der Waals surface area contributed by atoms with Crippen LogP contribution in [0.4, 0.5) is 0 Å². The second-order valence-electron chi connectivity index (χ2n) is 8.16. The maximum Gasteiger partial charge on any atom is 0.216 e. The van der Waals surface area contributed by atoms with Crippen LogP contribution in [0.25, 0.3) is 10.9 Å². The van der Waals surface area contributed by atoms with Gasteiger partial charge < -0.3 is 19.9 Å². The lowest BCUT2D eigenvalue weighted by Gasteiger charge is -2.35. The average Bonchev–Trinajstić information content (AvgIpc) is 3.15. The number of nitrogens with zero attached hydrogens (tertiary/aromatic N) is 3. The summed E-state index contributed by atoms with van der Waals surface area (Å²) in [5.41, 5.74) is 3.72. The van der Waals surface area contributed by atoms with E-state index in [2.05, 4.69) is 51.5 Å². The van der Waals surface area contributed by atoms with Gasteiger partial charge in [-0.3, -0.25) is 4.99 Å². The molecule has 0 saturated carbocycles. The Morgan fingerprint density at radius 3 is 2.68 bits per heavy atom. The largest absolute Gasteiger partial charge is 0.378 e. The Morgan fingerprint density at radius 1 is 1.26 bits per heavy atom. The summed E-state index contributed by atoms with van der Waals surface area (Å²) < 4.78 is 32.0. The molecule has 3 rings (SSSR count). The highest BCUT2D eigenvalue weighted by Gasteiger charge is 2.28. The molecule has 0 radical (unpaired) electrons. The highest BCUT2D eigenvalue weighted by molar-refractivity contribution is 7.89. The summed E-state index contributed by atoms with van der Waals surface area (Å²) in [6.07, 6.45) is 3.00. The molecule has 9 heteroatoms. The van der Waals surface area contributed by atoms with Gasteiger partial charge in [0.2, 0.25) is 10.0 Å². The molecule has 0 spiro atoms. The Kier molecular flexibility index (Phi) is 7.96. The number of hydrogen-bond donors (Lipinski definition) is 2. The van der Waals surface area contributed by atoms with Crippen LogP contribution >= 0.6 is 0 Å². The minimum absolute atomic E-state index is 0.0300. The summed E-state index contributed by atoms with van der Waals surface area (Å²) in [5.74, 6) is 0.846. The number of aliphatic imine (C=N–C) groups is 1. The van der Waals surface area contributed by atoms with Crippen LogP contribution in [-0.2, 0) is 21.2 Å². The third-order valence-corrected chi connectivity index (χ3v) is 7.44. The predicted octanol–water partition coefficient (Wildman–Crippen LogP) is 1.97. The van der Waals surface area contributed by atoms with E-state index in [-0.39, 0.29) is 18.5 Å². The molecule has 0 bridgehead atoms. The Morgan fingerprint density at radius 2 is 2.00 bits per heavy atom. The molecule has 31 heavy (non-hydrogen) atoms. The van der Waals surface area contributed by atoms with Crippen molar-refractivity contribution < 1.29 is 13.2 Å². The number of fused-ring (bicyclic) bond motifs is 1. The molecule has 1 fully saturated rings. The van der Waals surface area contributed by atoms with Crippen LogP contribution in [0.1, 0.15) is 25.0 Å². The van der Waals surface area contributed by atoms with Crippen LogP contribution < -0.4 is 5.32 Å². The SMILES string of the molecule is CN=C(NCCc1c[nH]c2cccc(C)c12)N1CCN(S(=O)(=O)CCOC(C)C)CC1. The van der Waals surface area contributed by atoms with E-state index in [0.29, 0.717) is 26.2 Å². The highest BCUT2D eigenvalue weighted by atomic mass is 32.2. The zero-order valence-electron chi connectivity index (χ0n) is 19.0. The number of rotatable bonds is 8. The second-order valence-corrected chi connectivity index (χ2v) is 10.2. The van der Waals surface area contributed by atoms with Crippen LogP contribution in [0.5, 0.6) is 0 Å². The molecule has 172 valence electrons. The van der Waals surface area contributed by atoms with Gasteiger partial charge in [0.25, 0.3) is 0 Å². The Hall–Kier alpha value is -2.10. The third kappa shape index (κ3) is 5.99. The van der Waals surface area contributed by atoms with E-state index < -0.39 is 10.0 Å². The van der Waals surface area contributed by atoms with Gasteiger partial charge in [-0.15, -0.1) is 0 Å². The zero-order chi connectivity index (χ0) is 22.4. The molecule has 0 amide bonds. The van der Waals surface area contributed by atoms with Crippen LogP contribution in [0.3, 0.4) is 0 Å². The van der Waals surface area contributed by atoms with Gasteiger partial charge in [0, 0.05) is 56.9 Å². The molecule has 2 N–H and O–H groups in total. The summed E-state index contributed by atoms with van der Waals surface area (Å²) in [4.78, 5) is 9.87. The zero-order valence-corrected chi connectivity index (χ0v) is 19.8. The number of aromatic amines is 1. The van der Waals surface area contributed by atoms with Crippen LogP contribution in [-0.4, -0.2) is 86.8 Å². The first-order valence-electron chi connectivity index (χ1n) is 10.9. The second kappa shape index (κ2) is 10.5. The van der Waals surface area contributed by atoms with Crippen molar-refractivity contribution in [2.75, 3.05) is 52.1 Å². The maximum absolute atomic E-state index is 12.5. The van der Waals surface area contributed by atoms with Crippen LogP contribution in [0.2, 0.25) is 0 Å². The monoisotopic (exact) mass is 449 g/mol. The van der Waals surface area contributed by atoms with Gasteiger partial charge in [-0.1, -0.05) is 12.1 Å². The molecule has 2 aromatic rings. The molecule has 0 aliphatic carbocycles. The van der Waals surface area contributed by atoms with Gasteiger partial charge in [-0.2, -0.15) is 4.31 Å². The molecular formula is C22H35N5O3S. The van der Waals surface area contributed by atoms with Gasteiger partial charge in [0.1, 0.15) is 0 Å². The van der Waals surface area contributed by atoms with Crippen molar-refractivity contribution in [2.24, 2.45) is 4.99 Å². The van der Waals surface area contributed by atoms with Gasteiger partial charge in [0.05, 0.1) is 18.5 Å². The summed E-state index contributed by atoms with van der Waals surface area (Å²) >= 11 is 0. The number of aryl methyl sites for hydroxylation is 1. The number of piperazine rings is 1. The van der Waals surface area contributed by atoms with Crippen molar-refractivity contribution in [1.29, 1.82) is 0 Å². The summed E-state index contributed by atoms with van der Waals surface area (Å²) in [5, 5.41) is 4.73. The van der Waals surface area contributed by atoms with Crippen molar-refractivity contribution in [3.05, 3.63) is 35.5 Å². The standard InChI is InChI=1S/C22H35N5O3S/c1-17(2)30-14-15-31(28,29)27-12-10-26(11-13-27)22(23-4)24-9-8-19-16-25-20-7-5-6-18(3)21(19)20/h5-7,16-17,25H,8-15H2,1-4H3,(H,23,24). The average molecular weight is 450 g/mol. The lowest BCUT2D eigenvalue weighted by Crippen LogP contribution is -2.54. The van der Waals surface area contributed by atoms with E-state index in [1.165, 1.54) is 16.5 Å². The summed E-state index contributed by atoms with van der Waals surface area (Å²) in [6.45, 7) is 9.11. The number of guanidine groups is 1. The van der Waals surface area contributed by atoms with Crippen LogP contribution in [0, 0.1) is 6.92 Å².